The summed E-state index contributed by atoms with van der Waals surface area (Å²) in [5.74, 6) is 0.323. The van der Waals surface area contributed by atoms with Crippen LogP contribution in [0.4, 0.5) is 5.95 Å². The van der Waals surface area contributed by atoms with Crippen molar-refractivity contribution in [2.45, 2.75) is 27.3 Å². The van der Waals surface area contributed by atoms with Crippen LogP contribution in [0, 0.1) is 6.92 Å². The van der Waals surface area contributed by atoms with Gasteiger partial charge in [-0.05, 0) is 48.1 Å². The van der Waals surface area contributed by atoms with Gasteiger partial charge in [0.15, 0.2) is 0 Å². The number of halogens is 1. The quantitative estimate of drug-likeness (QED) is 0.620. The van der Waals surface area contributed by atoms with Gasteiger partial charge in [0.2, 0.25) is 5.95 Å². The number of fused-ring (bicyclic) bond motifs is 1. The molecule has 1 amide bonds. The maximum absolute atomic E-state index is 12.9. The molecule has 1 N–H and O–H groups in total. The molecule has 1 aromatic carbocycles. The fourth-order valence-electron chi connectivity index (χ4n) is 3.22. The predicted octanol–water partition coefficient (Wildman–Crippen LogP) is 3.43. The first-order chi connectivity index (χ1) is 13.0. The van der Waals surface area contributed by atoms with E-state index in [1.54, 1.807) is 11.7 Å². The number of nitrogens with zero attached hydrogens (tertiary/aromatic N) is 5. The van der Waals surface area contributed by atoms with Gasteiger partial charge in [-0.15, -0.1) is 0 Å². The fourth-order valence-corrected chi connectivity index (χ4v) is 3.73. The Bertz CT molecular complexity index is 957. The SMILES string of the molecule is CCN(CC)CCn1c(NC(=O)c2c(Br)c(C)nn2C)nc2ccccc21. The Balaban J connectivity index is 1.93. The first-order valence-electron chi connectivity index (χ1n) is 9.14. The van der Waals surface area contributed by atoms with Crippen LogP contribution >= 0.6 is 15.9 Å². The van der Waals surface area contributed by atoms with E-state index in [-0.39, 0.29) is 5.91 Å². The van der Waals surface area contributed by atoms with Crippen molar-refractivity contribution in [1.82, 2.24) is 24.2 Å². The summed E-state index contributed by atoms with van der Waals surface area (Å²) in [5.41, 5.74) is 3.14. The van der Waals surface area contributed by atoms with E-state index in [9.17, 15) is 4.79 Å². The summed E-state index contributed by atoms with van der Waals surface area (Å²) in [6.07, 6.45) is 0. The molecule has 0 unspecified atom stereocenters. The van der Waals surface area contributed by atoms with E-state index in [0.717, 1.165) is 42.9 Å². The number of benzene rings is 1. The number of hydrogen-bond acceptors (Lipinski definition) is 4. The van der Waals surface area contributed by atoms with Gasteiger partial charge < -0.3 is 9.47 Å². The Morgan fingerprint density at radius 1 is 1.26 bits per heavy atom. The lowest BCUT2D eigenvalue weighted by Crippen LogP contribution is -2.28. The summed E-state index contributed by atoms with van der Waals surface area (Å²) < 4.78 is 4.36. The maximum atomic E-state index is 12.9. The zero-order valence-electron chi connectivity index (χ0n) is 16.2. The fraction of sp³-hybridized carbons (Fsp3) is 0.421. The normalized spacial score (nSPS) is 11.5. The van der Waals surface area contributed by atoms with Crippen molar-refractivity contribution in [3.63, 3.8) is 0 Å². The molecule has 8 heteroatoms. The van der Waals surface area contributed by atoms with Gasteiger partial charge in [0.1, 0.15) is 5.69 Å². The number of anilines is 1. The number of hydrogen-bond donors (Lipinski definition) is 1. The first kappa shape index (κ1) is 19.6. The van der Waals surface area contributed by atoms with Crippen LogP contribution in [0.3, 0.4) is 0 Å². The van der Waals surface area contributed by atoms with E-state index >= 15 is 0 Å². The van der Waals surface area contributed by atoms with Crippen molar-refractivity contribution >= 4 is 38.8 Å². The Kier molecular flexibility index (Phi) is 5.96. The highest BCUT2D eigenvalue weighted by atomic mass is 79.9. The van der Waals surface area contributed by atoms with Crippen LogP contribution in [0.25, 0.3) is 11.0 Å². The molecule has 0 atom stereocenters. The molecule has 0 fully saturated rings. The number of aromatic nitrogens is 4. The number of aryl methyl sites for hydroxylation is 2. The van der Waals surface area contributed by atoms with Crippen LogP contribution in [0.5, 0.6) is 0 Å². The number of para-hydroxylation sites is 2. The lowest BCUT2D eigenvalue weighted by atomic mass is 10.3. The number of imidazole rings is 1. The highest BCUT2D eigenvalue weighted by Crippen LogP contribution is 2.23. The largest absolute Gasteiger partial charge is 0.309 e. The number of carbonyl (C=O) groups is 1. The molecular weight excluding hydrogens is 408 g/mol. The number of likely N-dealkylation sites (N-methyl/N-ethyl adjacent to an activating group) is 1. The maximum Gasteiger partial charge on any atom is 0.277 e. The van der Waals surface area contributed by atoms with Gasteiger partial charge in [-0.1, -0.05) is 26.0 Å². The minimum Gasteiger partial charge on any atom is -0.309 e. The van der Waals surface area contributed by atoms with Gasteiger partial charge in [0.05, 0.1) is 21.2 Å². The van der Waals surface area contributed by atoms with E-state index < -0.39 is 0 Å². The number of rotatable bonds is 7. The van der Waals surface area contributed by atoms with Crippen molar-refractivity contribution in [3.05, 3.63) is 40.1 Å². The van der Waals surface area contributed by atoms with Crippen LogP contribution in [-0.2, 0) is 13.6 Å². The van der Waals surface area contributed by atoms with Crippen LogP contribution in [0.15, 0.2) is 28.7 Å². The third kappa shape index (κ3) is 3.91. The van der Waals surface area contributed by atoms with E-state index in [1.807, 2.05) is 31.2 Å². The first-order valence-corrected chi connectivity index (χ1v) is 9.93. The average Bonchev–Trinajstić information content (AvgIpc) is 3.12. The van der Waals surface area contributed by atoms with E-state index in [2.05, 4.69) is 54.6 Å². The molecule has 7 nitrogen and oxygen atoms in total. The minimum atomic E-state index is -0.232. The van der Waals surface area contributed by atoms with E-state index in [1.165, 1.54) is 0 Å². The Labute approximate surface area is 167 Å². The predicted molar refractivity (Wildman–Crippen MR) is 111 cm³/mol. The van der Waals surface area contributed by atoms with Gasteiger partial charge in [0, 0.05) is 20.1 Å². The lowest BCUT2D eigenvalue weighted by Gasteiger charge is -2.19. The molecule has 0 aliphatic carbocycles. The molecule has 0 saturated heterocycles. The number of amides is 1. The van der Waals surface area contributed by atoms with Crippen molar-refractivity contribution < 1.29 is 4.79 Å². The van der Waals surface area contributed by atoms with Gasteiger partial charge in [-0.25, -0.2) is 4.98 Å². The highest BCUT2D eigenvalue weighted by molar-refractivity contribution is 9.10. The van der Waals surface area contributed by atoms with Gasteiger partial charge in [-0.2, -0.15) is 5.10 Å². The topological polar surface area (TPSA) is 68.0 Å². The third-order valence-electron chi connectivity index (χ3n) is 4.78. The molecule has 2 heterocycles. The molecule has 3 aromatic rings. The second-order valence-electron chi connectivity index (χ2n) is 6.43. The third-order valence-corrected chi connectivity index (χ3v) is 5.73. The summed E-state index contributed by atoms with van der Waals surface area (Å²) in [7, 11) is 1.76. The van der Waals surface area contributed by atoms with Crippen molar-refractivity contribution in [2.24, 2.45) is 7.05 Å². The zero-order valence-corrected chi connectivity index (χ0v) is 17.7. The van der Waals surface area contributed by atoms with Gasteiger partial charge in [-0.3, -0.25) is 14.8 Å². The summed E-state index contributed by atoms with van der Waals surface area (Å²) in [6, 6.07) is 7.94. The molecule has 27 heavy (non-hydrogen) atoms. The van der Waals surface area contributed by atoms with E-state index in [0.29, 0.717) is 16.1 Å². The summed E-state index contributed by atoms with van der Waals surface area (Å²) in [6.45, 7) is 9.80. The van der Waals surface area contributed by atoms with Gasteiger partial charge >= 0.3 is 0 Å². The molecule has 0 saturated carbocycles. The summed E-state index contributed by atoms with van der Waals surface area (Å²) >= 11 is 3.46. The average molecular weight is 433 g/mol. The van der Waals surface area contributed by atoms with Crippen LogP contribution in [0.1, 0.15) is 30.0 Å². The second kappa shape index (κ2) is 8.22. The molecule has 0 spiro atoms. The minimum absolute atomic E-state index is 0.232. The second-order valence-corrected chi connectivity index (χ2v) is 7.22. The number of nitrogens with one attached hydrogen (secondary N) is 1. The Morgan fingerprint density at radius 3 is 2.59 bits per heavy atom. The standard InChI is InChI=1S/C19H25BrN6O/c1-5-25(6-2)11-12-26-15-10-8-7-9-14(15)21-19(26)22-18(27)17-16(20)13(3)23-24(17)4/h7-10H,5-6,11-12H2,1-4H3,(H,21,22,27). The van der Waals surface area contributed by atoms with Crippen LogP contribution in [0.2, 0.25) is 0 Å². The molecular formula is C19H25BrN6O. The van der Waals surface area contributed by atoms with Crippen LogP contribution < -0.4 is 5.32 Å². The summed E-state index contributed by atoms with van der Waals surface area (Å²) in [4.78, 5) is 19.9. The lowest BCUT2D eigenvalue weighted by molar-refractivity contribution is 0.101. The summed E-state index contributed by atoms with van der Waals surface area (Å²) in [5, 5.41) is 7.27. The molecule has 0 aliphatic heterocycles. The highest BCUT2D eigenvalue weighted by Gasteiger charge is 2.21. The Hall–Kier alpha value is -2.19. The molecule has 3 rings (SSSR count). The Morgan fingerprint density at radius 2 is 1.96 bits per heavy atom. The van der Waals surface area contributed by atoms with Crippen molar-refractivity contribution in [1.29, 1.82) is 0 Å². The van der Waals surface area contributed by atoms with E-state index in [4.69, 9.17) is 0 Å². The molecule has 0 bridgehead atoms. The zero-order chi connectivity index (χ0) is 19.6. The molecule has 0 aliphatic rings. The number of carbonyl (C=O) groups excluding carboxylic acids is 1. The van der Waals surface area contributed by atoms with Crippen LogP contribution in [-0.4, -0.2) is 49.8 Å². The van der Waals surface area contributed by atoms with Crippen molar-refractivity contribution in [3.8, 4) is 0 Å². The van der Waals surface area contributed by atoms with Gasteiger partial charge in [0.25, 0.3) is 5.91 Å². The molecule has 2 aromatic heterocycles. The molecule has 144 valence electrons. The van der Waals surface area contributed by atoms with Crippen molar-refractivity contribution in [2.75, 3.05) is 25.0 Å². The smallest absolute Gasteiger partial charge is 0.277 e. The monoisotopic (exact) mass is 432 g/mol. The molecule has 0 radical (unpaired) electrons.